The van der Waals surface area contributed by atoms with E-state index in [1.54, 1.807) is 20.8 Å². The van der Waals surface area contributed by atoms with Crippen LogP contribution in [0.3, 0.4) is 0 Å². The van der Waals surface area contributed by atoms with E-state index < -0.39 is 29.9 Å². The summed E-state index contributed by atoms with van der Waals surface area (Å²) in [7, 11) is 0. The minimum Gasteiger partial charge on any atom is -0.457 e. The van der Waals surface area contributed by atoms with E-state index in [0.29, 0.717) is 0 Å². The maximum Gasteiger partial charge on any atom is 0.410 e. The lowest BCUT2D eigenvalue weighted by Gasteiger charge is -2.38. The highest BCUT2D eigenvalue weighted by Gasteiger charge is 2.37. The first-order chi connectivity index (χ1) is 10.5. The van der Waals surface area contributed by atoms with Gasteiger partial charge in [0, 0.05) is 25.9 Å². The van der Waals surface area contributed by atoms with Gasteiger partial charge in [-0.25, -0.2) is 4.79 Å². The highest BCUT2D eigenvalue weighted by atomic mass is 19.4. The lowest BCUT2D eigenvalue weighted by Crippen LogP contribution is -2.48. The monoisotopic (exact) mass is 337 g/mol. The maximum atomic E-state index is 12.2. The Morgan fingerprint density at radius 2 is 1.78 bits per heavy atom. The third-order valence-corrected chi connectivity index (χ3v) is 3.32. The van der Waals surface area contributed by atoms with Gasteiger partial charge in [0.15, 0.2) is 0 Å². The summed E-state index contributed by atoms with van der Waals surface area (Å²) in [6.07, 6.45) is -3.23. The molecule has 0 aromatic rings. The molecule has 1 aliphatic rings. The van der Waals surface area contributed by atoms with Crippen LogP contribution in [0.2, 0.25) is 0 Å². The Morgan fingerprint density at radius 1 is 1.22 bits per heavy atom. The van der Waals surface area contributed by atoms with Crippen LogP contribution in [0.15, 0.2) is 12.2 Å². The van der Waals surface area contributed by atoms with Crippen LogP contribution in [0, 0.1) is 0 Å². The number of ether oxygens (including phenoxy) is 2. The van der Waals surface area contributed by atoms with Crippen molar-refractivity contribution in [1.29, 1.82) is 0 Å². The Kier molecular flexibility index (Phi) is 6.07. The zero-order valence-corrected chi connectivity index (χ0v) is 13.5. The molecule has 132 valence electrons. The summed E-state index contributed by atoms with van der Waals surface area (Å²) in [5.41, 5.74) is -1.73. The number of carbonyl (C=O) groups excluding carboxylic acids is 2. The quantitative estimate of drug-likeness (QED) is 0.582. The zero-order chi connectivity index (χ0) is 17.7. The standard InChI is InChI=1S/C15H22F3NO4/c1-13(2,3)23-12(21)19-9-7-14(8-10-19,22-11-20)5-4-6-15(16,17)18/h4-5,11H,6-10H2,1-3H3/b5-4+. The molecule has 0 spiro atoms. The maximum absolute atomic E-state index is 12.2. The number of carbonyl (C=O) groups is 2. The van der Waals surface area contributed by atoms with Gasteiger partial charge in [-0.05, 0) is 26.8 Å². The fourth-order valence-corrected chi connectivity index (χ4v) is 2.22. The average molecular weight is 337 g/mol. The van der Waals surface area contributed by atoms with Crippen molar-refractivity contribution in [3.05, 3.63) is 12.2 Å². The first kappa shape index (κ1) is 19.3. The van der Waals surface area contributed by atoms with Crippen LogP contribution in [0.25, 0.3) is 0 Å². The van der Waals surface area contributed by atoms with Crippen molar-refractivity contribution in [2.45, 2.75) is 57.4 Å². The summed E-state index contributed by atoms with van der Waals surface area (Å²) < 4.78 is 46.9. The second-order valence-corrected chi connectivity index (χ2v) is 6.47. The molecular weight excluding hydrogens is 315 g/mol. The summed E-state index contributed by atoms with van der Waals surface area (Å²) in [4.78, 5) is 24.1. The number of allylic oxidation sites excluding steroid dienone is 1. The number of alkyl halides is 3. The SMILES string of the molecule is CC(C)(C)OC(=O)N1CCC(/C=C/CC(F)(F)F)(OC=O)CC1. The molecule has 1 saturated heterocycles. The van der Waals surface area contributed by atoms with Crippen LogP contribution < -0.4 is 0 Å². The van der Waals surface area contributed by atoms with Crippen LogP contribution in [-0.2, 0) is 14.3 Å². The molecule has 5 nitrogen and oxygen atoms in total. The van der Waals surface area contributed by atoms with Gasteiger partial charge in [0.25, 0.3) is 6.47 Å². The minimum absolute atomic E-state index is 0.222. The lowest BCUT2D eigenvalue weighted by molar-refractivity contribution is -0.142. The van der Waals surface area contributed by atoms with E-state index in [-0.39, 0.29) is 32.4 Å². The van der Waals surface area contributed by atoms with Crippen LogP contribution in [-0.4, -0.2) is 47.9 Å². The number of rotatable bonds is 4. The molecule has 0 aromatic heterocycles. The Balaban J connectivity index is 2.66. The van der Waals surface area contributed by atoms with E-state index in [0.717, 1.165) is 6.08 Å². The first-order valence-electron chi connectivity index (χ1n) is 7.30. The predicted molar refractivity (Wildman–Crippen MR) is 76.7 cm³/mol. The molecule has 1 rings (SSSR count). The number of hydrogen-bond acceptors (Lipinski definition) is 4. The van der Waals surface area contributed by atoms with Gasteiger partial charge in [-0.3, -0.25) is 4.79 Å². The van der Waals surface area contributed by atoms with Crippen molar-refractivity contribution in [2.75, 3.05) is 13.1 Å². The van der Waals surface area contributed by atoms with Crippen molar-refractivity contribution >= 4 is 12.6 Å². The molecule has 0 unspecified atom stereocenters. The van der Waals surface area contributed by atoms with Crippen LogP contribution in [0.5, 0.6) is 0 Å². The molecule has 8 heteroatoms. The first-order valence-corrected chi connectivity index (χ1v) is 7.30. The van der Waals surface area contributed by atoms with E-state index in [9.17, 15) is 22.8 Å². The fraction of sp³-hybridized carbons (Fsp3) is 0.733. The highest BCUT2D eigenvalue weighted by Crippen LogP contribution is 2.29. The molecular formula is C15H22F3NO4. The van der Waals surface area contributed by atoms with Crippen LogP contribution >= 0.6 is 0 Å². The number of likely N-dealkylation sites (tertiary alicyclic amines) is 1. The van der Waals surface area contributed by atoms with Crippen molar-refractivity contribution < 1.29 is 32.2 Å². The summed E-state index contributed by atoms with van der Waals surface area (Å²) in [6, 6.07) is 0. The highest BCUT2D eigenvalue weighted by molar-refractivity contribution is 5.68. The second kappa shape index (κ2) is 7.23. The number of halogens is 3. The van der Waals surface area contributed by atoms with Gasteiger partial charge in [0.2, 0.25) is 0 Å². The molecule has 0 aliphatic carbocycles. The van der Waals surface area contributed by atoms with Gasteiger partial charge in [-0.15, -0.1) is 0 Å². The molecule has 0 radical (unpaired) electrons. The minimum atomic E-state index is -4.31. The van der Waals surface area contributed by atoms with E-state index in [4.69, 9.17) is 9.47 Å². The number of hydrogen-bond donors (Lipinski definition) is 0. The zero-order valence-electron chi connectivity index (χ0n) is 13.5. The topological polar surface area (TPSA) is 55.8 Å². The van der Waals surface area contributed by atoms with Crippen molar-refractivity contribution in [3.8, 4) is 0 Å². The van der Waals surface area contributed by atoms with Gasteiger partial charge in [-0.1, -0.05) is 6.08 Å². The second-order valence-electron chi connectivity index (χ2n) is 6.47. The molecule has 1 fully saturated rings. The van der Waals surface area contributed by atoms with Gasteiger partial charge in [0.05, 0.1) is 6.42 Å². The summed E-state index contributed by atoms with van der Waals surface area (Å²) in [5, 5.41) is 0. The average Bonchev–Trinajstić information content (AvgIpc) is 2.36. The Labute approximate surface area is 133 Å². The number of piperidine rings is 1. The van der Waals surface area contributed by atoms with E-state index in [2.05, 4.69) is 0 Å². The van der Waals surface area contributed by atoms with E-state index in [1.807, 2.05) is 0 Å². The number of nitrogens with zero attached hydrogens (tertiary/aromatic N) is 1. The molecule has 23 heavy (non-hydrogen) atoms. The van der Waals surface area contributed by atoms with E-state index in [1.165, 1.54) is 11.0 Å². The molecule has 0 aromatic carbocycles. The molecule has 1 amide bonds. The third kappa shape index (κ3) is 6.92. The molecule has 1 heterocycles. The normalized spacial score (nSPS) is 18.8. The van der Waals surface area contributed by atoms with E-state index >= 15 is 0 Å². The predicted octanol–water partition coefficient (Wildman–Crippen LogP) is 3.44. The Hall–Kier alpha value is -1.73. The van der Waals surface area contributed by atoms with Gasteiger partial charge in [-0.2, -0.15) is 13.2 Å². The smallest absolute Gasteiger partial charge is 0.410 e. The molecule has 0 saturated carbocycles. The van der Waals surface area contributed by atoms with Crippen LogP contribution in [0.1, 0.15) is 40.0 Å². The molecule has 0 bridgehead atoms. The largest absolute Gasteiger partial charge is 0.457 e. The Bertz CT molecular complexity index is 447. The van der Waals surface area contributed by atoms with Crippen molar-refractivity contribution in [1.82, 2.24) is 4.90 Å². The van der Waals surface area contributed by atoms with Gasteiger partial charge >= 0.3 is 12.3 Å². The van der Waals surface area contributed by atoms with Gasteiger partial charge < -0.3 is 14.4 Å². The van der Waals surface area contributed by atoms with Crippen LogP contribution in [0.4, 0.5) is 18.0 Å². The summed E-state index contributed by atoms with van der Waals surface area (Å²) >= 11 is 0. The Morgan fingerprint density at radius 3 is 2.22 bits per heavy atom. The lowest BCUT2D eigenvalue weighted by atomic mass is 9.90. The summed E-state index contributed by atoms with van der Waals surface area (Å²) in [5.74, 6) is 0. The summed E-state index contributed by atoms with van der Waals surface area (Å²) in [6.45, 7) is 5.93. The third-order valence-electron chi connectivity index (χ3n) is 3.32. The number of amides is 1. The fourth-order valence-electron chi connectivity index (χ4n) is 2.22. The molecule has 0 atom stereocenters. The van der Waals surface area contributed by atoms with Crippen molar-refractivity contribution in [2.24, 2.45) is 0 Å². The molecule has 0 N–H and O–H groups in total. The van der Waals surface area contributed by atoms with Crippen molar-refractivity contribution in [3.63, 3.8) is 0 Å². The molecule has 1 aliphatic heterocycles. The van der Waals surface area contributed by atoms with Gasteiger partial charge in [0.1, 0.15) is 11.2 Å².